The molecule has 6 nitrogen and oxygen atoms in total. The van der Waals surface area contributed by atoms with Crippen LogP contribution in [0, 0.1) is 0 Å². The molecule has 0 bridgehead atoms. The van der Waals surface area contributed by atoms with Gasteiger partial charge in [-0.3, -0.25) is 4.99 Å². The summed E-state index contributed by atoms with van der Waals surface area (Å²) in [5.74, 6) is 0.461. The van der Waals surface area contributed by atoms with Gasteiger partial charge < -0.3 is 20.9 Å². The molecule has 156 valence electrons. The van der Waals surface area contributed by atoms with E-state index in [1.807, 2.05) is 18.2 Å². The minimum atomic E-state index is -4.44. The molecule has 3 rings (SSSR count). The van der Waals surface area contributed by atoms with Gasteiger partial charge in [0.25, 0.3) is 0 Å². The zero-order valence-corrected chi connectivity index (χ0v) is 16.2. The van der Waals surface area contributed by atoms with Crippen LogP contribution in [0.15, 0.2) is 53.7 Å². The Hall–Kier alpha value is -2.97. The summed E-state index contributed by atoms with van der Waals surface area (Å²) >= 11 is 0. The van der Waals surface area contributed by atoms with Crippen LogP contribution in [0.2, 0.25) is 0 Å². The van der Waals surface area contributed by atoms with Crippen molar-refractivity contribution in [3.05, 3.63) is 54.2 Å². The molecule has 0 aliphatic carbocycles. The standard InChI is InChI=1S/C20H25F3N6/c1-24-19(28-15-9-13-29(14-15)16-6-3-2-4-7-16)27-12-11-26-18-17(20(21,22)23)8-5-10-25-18/h2-8,10,15H,9,11-14H2,1H3,(H,25,26)(H2,24,27,28). The number of nitrogens with one attached hydrogen (secondary N) is 3. The maximum atomic E-state index is 13.0. The zero-order chi connectivity index (χ0) is 20.7. The van der Waals surface area contributed by atoms with Gasteiger partial charge in [-0.05, 0) is 30.7 Å². The molecular formula is C20H25F3N6. The average Bonchev–Trinajstić information content (AvgIpc) is 3.19. The second kappa shape index (κ2) is 9.49. The number of guanidine groups is 1. The highest BCUT2D eigenvalue weighted by Crippen LogP contribution is 2.33. The molecule has 9 heteroatoms. The summed E-state index contributed by atoms with van der Waals surface area (Å²) in [7, 11) is 1.67. The van der Waals surface area contributed by atoms with Gasteiger partial charge in [-0.2, -0.15) is 13.2 Å². The lowest BCUT2D eigenvalue weighted by Gasteiger charge is -2.20. The van der Waals surface area contributed by atoms with Crippen LogP contribution in [0.4, 0.5) is 24.7 Å². The Bertz CT molecular complexity index is 809. The van der Waals surface area contributed by atoms with Crippen LogP contribution in [-0.2, 0) is 6.18 Å². The van der Waals surface area contributed by atoms with Gasteiger partial charge in [-0.25, -0.2) is 4.98 Å². The Labute approximate surface area is 168 Å². The quantitative estimate of drug-likeness (QED) is 0.391. The number of hydrogen-bond donors (Lipinski definition) is 3. The van der Waals surface area contributed by atoms with E-state index in [4.69, 9.17) is 0 Å². The fourth-order valence-corrected chi connectivity index (χ4v) is 3.28. The number of aliphatic imine (C=N–C) groups is 1. The average molecular weight is 406 g/mol. The third-order valence-corrected chi connectivity index (χ3v) is 4.70. The SMILES string of the molecule is CN=C(NCCNc1ncccc1C(F)(F)F)NC1CCN(c2ccccc2)C1. The molecule has 2 heterocycles. The summed E-state index contributed by atoms with van der Waals surface area (Å²) in [4.78, 5) is 10.3. The number of rotatable bonds is 6. The molecule has 0 radical (unpaired) electrons. The fourth-order valence-electron chi connectivity index (χ4n) is 3.28. The van der Waals surface area contributed by atoms with Gasteiger partial charge in [-0.15, -0.1) is 0 Å². The van der Waals surface area contributed by atoms with Crippen LogP contribution < -0.4 is 20.9 Å². The van der Waals surface area contributed by atoms with Gasteiger partial charge in [0.15, 0.2) is 5.96 Å². The van der Waals surface area contributed by atoms with E-state index >= 15 is 0 Å². The van der Waals surface area contributed by atoms with Crippen LogP contribution in [-0.4, -0.2) is 50.2 Å². The number of nitrogens with zero attached hydrogens (tertiary/aromatic N) is 3. The van der Waals surface area contributed by atoms with E-state index in [-0.39, 0.29) is 18.4 Å². The zero-order valence-electron chi connectivity index (χ0n) is 16.2. The fraction of sp³-hybridized carbons (Fsp3) is 0.400. The number of aromatic nitrogens is 1. The van der Waals surface area contributed by atoms with E-state index in [2.05, 4.69) is 43.0 Å². The summed E-state index contributed by atoms with van der Waals surface area (Å²) in [6.45, 7) is 2.51. The van der Waals surface area contributed by atoms with E-state index in [0.717, 1.165) is 25.6 Å². The molecule has 0 saturated carbocycles. The first-order valence-electron chi connectivity index (χ1n) is 9.50. The summed E-state index contributed by atoms with van der Waals surface area (Å²) in [5.41, 5.74) is 0.425. The van der Waals surface area contributed by atoms with Gasteiger partial charge in [0.2, 0.25) is 0 Å². The predicted molar refractivity (Wildman–Crippen MR) is 109 cm³/mol. The maximum absolute atomic E-state index is 13.0. The number of benzene rings is 1. The van der Waals surface area contributed by atoms with Crippen molar-refractivity contribution in [1.82, 2.24) is 15.6 Å². The van der Waals surface area contributed by atoms with Crippen molar-refractivity contribution >= 4 is 17.5 Å². The second-order valence-electron chi connectivity index (χ2n) is 6.73. The number of anilines is 2. The summed E-state index contributed by atoms with van der Waals surface area (Å²) in [5, 5.41) is 9.24. The van der Waals surface area contributed by atoms with Crippen LogP contribution >= 0.6 is 0 Å². The highest BCUT2D eigenvalue weighted by molar-refractivity contribution is 5.80. The normalized spacial score (nSPS) is 17.3. The third-order valence-electron chi connectivity index (χ3n) is 4.70. The molecule has 1 saturated heterocycles. The largest absolute Gasteiger partial charge is 0.419 e. The minimum Gasteiger partial charge on any atom is -0.369 e. The van der Waals surface area contributed by atoms with Gasteiger partial charge in [0.1, 0.15) is 5.82 Å². The molecule has 1 aromatic heterocycles. The number of halogens is 3. The van der Waals surface area contributed by atoms with Crippen LogP contribution in [0.25, 0.3) is 0 Å². The van der Waals surface area contributed by atoms with Gasteiger partial charge in [-0.1, -0.05) is 18.2 Å². The highest BCUT2D eigenvalue weighted by Gasteiger charge is 2.33. The van der Waals surface area contributed by atoms with Crippen LogP contribution in [0.5, 0.6) is 0 Å². The molecule has 1 aliphatic rings. The van der Waals surface area contributed by atoms with Gasteiger partial charge >= 0.3 is 6.18 Å². The first-order valence-corrected chi connectivity index (χ1v) is 9.50. The van der Waals surface area contributed by atoms with E-state index < -0.39 is 11.7 Å². The van der Waals surface area contributed by atoms with Crippen LogP contribution in [0.3, 0.4) is 0 Å². The van der Waals surface area contributed by atoms with Crippen LogP contribution in [0.1, 0.15) is 12.0 Å². The maximum Gasteiger partial charge on any atom is 0.419 e. The monoisotopic (exact) mass is 406 g/mol. The Morgan fingerprint density at radius 2 is 1.97 bits per heavy atom. The third kappa shape index (κ3) is 5.75. The Kier molecular flexibility index (Phi) is 6.79. The van der Waals surface area contributed by atoms with Crippen molar-refractivity contribution in [1.29, 1.82) is 0 Å². The van der Waals surface area contributed by atoms with Crippen molar-refractivity contribution in [2.45, 2.75) is 18.6 Å². The molecule has 3 N–H and O–H groups in total. The number of hydrogen-bond acceptors (Lipinski definition) is 4. The lowest BCUT2D eigenvalue weighted by Crippen LogP contribution is -2.45. The summed E-state index contributed by atoms with van der Waals surface area (Å²) < 4.78 is 39.0. The van der Waals surface area contributed by atoms with Crippen molar-refractivity contribution in [3.63, 3.8) is 0 Å². The molecule has 2 aromatic rings. The summed E-state index contributed by atoms with van der Waals surface area (Å²) in [6.07, 6.45) is -2.12. The highest BCUT2D eigenvalue weighted by atomic mass is 19.4. The van der Waals surface area contributed by atoms with Crippen molar-refractivity contribution < 1.29 is 13.2 Å². The molecule has 0 amide bonds. The molecule has 1 aromatic carbocycles. The molecular weight excluding hydrogens is 381 g/mol. The molecule has 1 atom stereocenters. The topological polar surface area (TPSA) is 64.6 Å². The number of para-hydroxylation sites is 1. The second-order valence-corrected chi connectivity index (χ2v) is 6.73. The Balaban J connectivity index is 1.44. The van der Waals surface area contributed by atoms with E-state index in [1.165, 1.54) is 18.0 Å². The minimum absolute atomic E-state index is 0.168. The molecule has 29 heavy (non-hydrogen) atoms. The number of pyridine rings is 1. The first kappa shape index (κ1) is 20.8. The lowest BCUT2D eigenvalue weighted by atomic mass is 10.2. The lowest BCUT2D eigenvalue weighted by molar-refractivity contribution is -0.137. The Morgan fingerprint density at radius 1 is 1.17 bits per heavy atom. The molecule has 0 spiro atoms. The van der Waals surface area contributed by atoms with Crippen molar-refractivity contribution in [2.75, 3.05) is 43.4 Å². The number of alkyl halides is 3. The van der Waals surface area contributed by atoms with Gasteiger partial charge in [0.05, 0.1) is 5.56 Å². The molecule has 1 aliphatic heterocycles. The van der Waals surface area contributed by atoms with E-state index in [0.29, 0.717) is 12.5 Å². The van der Waals surface area contributed by atoms with E-state index in [9.17, 15) is 13.2 Å². The van der Waals surface area contributed by atoms with E-state index in [1.54, 1.807) is 7.05 Å². The van der Waals surface area contributed by atoms with Crippen molar-refractivity contribution in [3.8, 4) is 0 Å². The summed E-state index contributed by atoms with van der Waals surface area (Å²) in [6, 6.07) is 12.8. The first-order chi connectivity index (χ1) is 14.0. The van der Waals surface area contributed by atoms with Crippen molar-refractivity contribution in [2.24, 2.45) is 4.99 Å². The van der Waals surface area contributed by atoms with Gasteiger partial charge in [0, 0.05) is 51.2 Å². The Morgan fingerprint density at radius 3 is 2.69 bits per heavy atom. The smallest absolute Gasteiger partial charge is 0.369 e. The molecule has 1 fully saturated rings. The predicted octanol–water partition coefficient (Wildman–Crippen LogP) is 2.96. The molecule has 1 unspecified atom stereocenters.